The highest BCUT2D eigenvalue weighted by Gasteiger charge is 2.15. The number of carbonyl (C=O) groups is 1. The van der Waals surface area contributed by atoms with E-state index >= 15 is 0 Å². The van der Waals surface area contributed by atoms with Gasteiger partial charge in [0.25, 0.3) is 0 Å². The van der Waals surface area contributed by atoms with Gasteiger partial charge in [-0.25, -0.2) is 9.97 Å². The van der Waals surface area contributed by atoms with E-state index in [2.05, 4.69) is 9.97 Å². The topological polar surface area (TPSA) is 78.1 Å². The van der Waals surface area contributed by atoms with Crippen LogP contribution >= 0.6 is 11.8 Å². The van der Waals surface area contributed by atoms with E-state index in [0.29, 0.717) is 29.6 Å². The second-order valence-electron chi connectivity index (χ2n) is 4.79. The number of thioether (sulfide) groups is 1. The molecule has 100 valence electrons. The van der Waals surface area contributed by atoms with Crippen LogP contribution in [0.5, 0.6) is 0 Å². The Kier molecular flexibility index (Phi) is 5.40. The number of esters is 1. The lowest BCUT2D eigenvalue weighted by molar-refractivity contribution is -0.154. The molecule has 0 saturated carbocycles. The fraction of sp³-hybridized carbons (Fsp3) is 0.583. The lowest BCUT2D eigenvalue weighted by Gasteiger charge is -2.19. The van der Waals surface area contributed by atoms with E-state index in [1.165, 1.54) is 0 Å². The molecule has 1 aromatic rings. The third-order valence-corrected chi connectivity index (χ3v) is 2.78. The van der Waals surface area contributed by atoms with Gasteiger partial charge < -0.3 is 10.5 Å². The van der Waals surface area contributed by atoms with Crippen molar-refractivity contribution in [3.05, 3.63) is 18.1 Å². The van der Waals surface area contributed by atoms with Crippen LogP contribution in [-0.4, -0.2) is 27.3 Å². The summed E-state index contributed by atoms with van der Waals surface area (Å²) in [6, 6.07) is 1.65. The Hall–Kier alpha value is -1.30. The summed E-state index contributed by atoms with van der Waals surface area (Å²) in [5.74, 6) is 2.31. The van der Waals surface area contributed by atoms with Gasteiger partial charge in [-0.1, -0.05) is 0 Å². The molecule has 0 radical (unpaired) electrons. The Bertz CT molecular complexity index is 405. The molecule has 0 saturated heterocycles. The van der Waals surface area contributed by atoms with E-state index in [1.807, 2.05) is 20.8 Å². The molecule has 1 heterocycles. The maximum atomic E-state index is 11.4. The van der Waals surface area contributed by atoms with Crippen molar-refractivity contribution in [3.63, 3.8) is 0 Å². The number of rotatable bonds is 5. The number of anilines is 1. The number of nitrogen functional groups attached to an aromatic ring is 1. The van der Waals surface area contributed by atoms with Gasteiger partial charge in [0.1, 0.15) is 17.2 Å². The standard InChI is InChI=1S/C12H19N3O2S/c1-12(2,3)17-11(16)5-7-18-8-10-14-6-4-9(13)15-10/h4,6H,5,7-8H2,1-3H3,(H2,13,14,15). The Morgan fingerprint density at radius 2 is 2.22 bits per heavy atom. The maximum absolute atomic E-state index is 11.4. The summed E-state index contributed by atoms with van der Waals surface area (Å²) in [4.78, 5) is 19.6. The van der Waals surface area contributed by atoms with Crippen LogP contribution in [0.4, 0.5) is 5.82 Å². The quantitative estimate of drug-likeness (QED) is 0.651. The zero-order valence-electron chi connectivity index (χ0n) is 11.0. The first-order chi connectivity index (χ1) is 8.37. The van der Waals surface area contributed by atoms with Crippen molar-refractivity contribution in [1.82, 2.24) is 9.97 Å². The molecule has 0 aromatic carbocycles. The number of nitrogens with two attached hydrogens (primary N) is 1. The lowest BCUT2D eigenvalue weighted by atomic mass is 10.2. The molecule has 0 aliphatic carbocycles. The Balaban J connectivity index is 2.21. The molecule has 1 aromatic heterocycles. The number of ether oxygens (including phenoxy) is 1. The molecule has 0 bridgehead atoms. The fourth-order valence-corrected chi connectivity index (χ4v) is 1.97. The summed E-state index contributed by atoms with van der Waals surface area (Å²) in [5, 5.41) is 0. The van der Waals surface area contributed by atoms with Crippen LogP contribution in [0.2, 0.25) is 0 Å². The van der Waals surface area contributed by atoms with Crippen molar-refractivity contribution < 1.29 is 9.53 Å². The van der Waals surface area contributed by atoms with Crippen LogP contribution in [0.1, 0.15) is 33.0 Å². The van der Waals surface area contributed by atoms with E-state index in [1.54, 1.807) is 24.0 Å². The molecule has 0 fully saturated rings. The molecule has 5 nitrogen and oxygen atoms in total. The number of nitrogens with zero attached hydrogens (tertiary/aromatic N) is 2. The molecule has 0 spiro atoms. The first-order valence-electron chi connectivity index (χ1n) is 5.74. The van der Waals surface area contributed by atoms with Gasteiger partial charge >= 0.3 is 5.97 Å². The Morgan fingerprint density at radius 1 is 1.50 bits per heavy atom. The summed E-state index contributed by atoms with van der Waals surface area (Å²) in [6.07, 6.45) is 2.02. The SMILES string of the molecule is CC(C)(C)OC(=O)CCSCc1nccc(N)n1. The normalized spacial score (nSPS) is 11.3. The van der Waals surface area contributed by atoms with Crippen LogP contribution in [0.25, 0.3) is 0 Å². The van der Waals surface area contributed by atoms with Gasteiger partial charge in [-0.3, -0.25) is 4.79 Å². The van der Waals surface area contributed by atoms with Crippen molar-refractivity contribution in [3.8, 4) is 0 Å². The average molecular weight is 269 g/mol. The van der Waals surface area contributed by atoms with Crippen LogP contribution in [0.15, 0.2) is 12.3 Å². The molecule has 0 atom stereocenters. The smallest absolute Gasteiger partial charge is 0.307 e. The average Bonchev–Trinajstić information content (AvgIpc) is 2.22. The van der Waals surface area contributed by atoms with Gasteiger partial charge in [-0.2, -0.15) is 11.8 Å². The molecular weight excluding hydrogens is 250 g/mol. The second kappa shape index (κ2) is 6.58. The predicted octanol–water partition coefficient (Wildman–Crippen LogP) is 2.02. The van der Waals surface area contributed by atoms with Gasteiger partial charge in [0, 0.05) is 11.9 Å². The summed E-state index contributed by atoms with van der Waals surface area (Å²) in [7, 11) is 0. The molecule has 6 heteroatoms. The van der Waals surface area contributed by atoms with Gasteiger partial charge in [-0.15, -0.1) is 0 Å². The minimum absolute atomic E-state index is 0.177. The maximum Gasteiger partial charge on any atom is 0.307 e. The summed E-state index contributed by atoms with van der Waals surface area (Å²) < 4.78 is 5.21. The number of aromatic nitrogens is 2. The van der Waals surface area contributed by atoms with Crippen LogP contribution in [0.3, 0.4) is 0 Å². The van der Waals surface area contributed by atoms with Crippen molar-refractivity contribution >= 4 is 23.5 Å². The van der Waals surface area contributed by atoms with Crippen molar-refractivity contribution in [2.45, 2.75) is 38.5 Å². The zero-order valence-corrected chi connectivity index (χ0v) is 11.8. The molecular formula is C12H19N3O2S. The number of hydrogen-bond acceptors (Lipinski definition) is 6. The molecule has 2 N–H and O–H groups in total. The van der Waals surface area contributed by atoms with E-state index in [0.717, 1.165) is 0 Å². The Labute approximate surface area is 112 Å². The van der Waals surface area contributed by atoms with Crippen molar-refractivity contribution in [1.29, 1.82) is 0 Å². The van der Waals surface area contributed by atoms with Gasteiger partial charge in [0.15, 0.2) is 0 Å². The highest BCUT2D eigenvalue weighted by atomic mass is 32.2. The van der Waals surface area contributed by atoms with E-state index in [9.17, 15) is 4.79 Å². The summed E-state index contributed by atoms with van der Waals surface area (Å²) >= 11 is 1.59. The van der Waals surface area contributed by atoms with E-state index in [-0.39, 0.29) is 5.97 Å². The number of carbonyl (C=O) groups excluding carboxylic acids is 1. The van der Waals surface area contributed by atoms with Crippen LogP contribution in [0, 0.1) is 0 Å². The molecule has 1 rings (SSSR count). The first-order valence-corrected chi connectivity index (χ1v) is 6.89. The minimum Gasteiger partial charge on any atom is -0.460 e. The Morgan fingerprint density at radius 3 is 2.83 bits per heavy atom. The van der Waals surface area contributed by atoms with Gasteiger partial charge in [0.05, 0.1) is 12.2 Å². The monoisotopic (exact) mass is 269 g/mol. The van der Waals surface area contributed by atoms with Gasteiger partial charge in [0.2, 0.25) is 0 Å². The molecule has 0 unspecified atom stereocenters. The van der Waals surface area contributed by atoms with E-state index in [4.69, 9.17) is 10.5 Å². The largest absolute Gasteiger partial charge is 0.460 e. The van der Waals surface area contributed by atoms with Crippen molar-refractivity contribution in [2.24, 2.45) is 0 Å². The second-order valence-corrected chi connectivity index (χ2v) is 5.89. The summed E-state index contributed by atoms with van der Waals surface area (Å²) in [5.41, 5.74) is 5.13. The highest BCUT2D eigenvalue weighted by molar-refractivity contribution is 7.98. The van der Waals surface area contributed by atoms with Gasteiger partial charge in [-0.05, 0) is 26.8 Å². The predicted molar refractivity (Wildman–Crippen MR) is 73.1 cm³/mol. The van der Waals surface area contributed by atoms with E-state index < -0.39 is 5.60 Å². The molecule has 0 amide bonds. The zero-order chi connectivity index (χ0) is 13.6. The lowest BCUT2D eigenvalue weighted by Crippen LogP contribution is -2.24. The third-order valence-electron chi connectivity index (χ3n) is 1.83. The molecule has 0 aliphatic heterocycles. The van der Waals surface area contributed by atoms with Crippen LogP contribution < -0.4 is 5.73 Å². The van der Waals surface area contributed by atoms with Crippen molar-refractivity contribution in [2.75, 3.05) is 11.5 Å². The summed E-state index contributed by atoms with van der Waals surface area (Å²) in [6.45, 7) is 5.58. The third kappa shape index (κ3) is 6.44. The molecule has 18 heavy (non-hydrogen) atoms. The first kappa shape index (κ1) is 14.8. The van der Waals surface area contributed by atoms with Crippen LogP contribution in [-0.2, 0) is 15.3 Å². The highest BCUT2D eigenvalue weighted by Crippen LogP contribution is 2.13. The fourth-order valence-electron chi connectivity index (χ4n) is 1.20. The molecule has 0 aliphatic rings. The minimum atomic E-state index is -0.418. The number of hydrogen-bond donors (Lipinski definition) is 1.